The van der Waals surface area contributed by atoms with Crippen molar-refractivity contribution >= 4 is 28.9 Å². The fourth-order valence-corrected chi connectivity index (χ4v) is 1.70. The fraction of sp³-hybridized carbons (Fsp3) is 0.364. The van der Waals surface area contributed by atoms with Crippen molar-refractivity contribution < 1.29 is 14.7 Å². The predicted octanol–water partition coefficient (Wildman–Crippen LogP) is -0.907. The zero-order valence-electron chi connectivity index (χ0n) is 11.1. The molecule has 20 heavy (non-hydrogen) atoms. The van der Waals surface area contributed by atoms with Crippen molar-refractivity contribution in [1.82, 2.24) is 24.8 Å². The summed E-state index contributed by atoms with van der Waals surface area (Å²) in [6.45, 7) is -0.461. The second-order valence-electron chi connectivity index (χ2n) is 4.31. The molecule has 2 rings (SSSR count). The molecule has 2 aromatic rings. The Kier molecular flexibility index (Phi) is 3.78. The van der Waals surface area contributed by atoms with Gasteiger partial charge >= 0.3 is 5.97 Å². The maximum absolute atomic E-state index is 11.6. The maximum atomic E-state index is 11.6. The highest BCUT2D eigenvalue weighted by Gasteiger charge is 2.13. The summed E-state index contributed by atoms with van der Waals surface area (Å²) < 4.78 is 1.54. The number of amides is 1. The number of nitrogens with zero attached hydrogens (tertiary/aromatic N) is 5. The van der Waals surface area contributed by atoms with Crippen molar-refractivity contribution in [3.05, 3.63) is 12.7 Å². The number of rotatable bonds is 5. The Bertz CT molecular complexity index is 651. The number of hydrogen-bond acceptors (Lipinski definition) is 6. The number of carboxylic acids is 1. The molecule has 9 heteroatoms. The first-order valence-corrected chi connectivity index (χ1v) is 5.80. The second kappa shape index (κ2) is 5.51. The number of imidazole rings is 1. The molecule has 1 amide bonds. The Balaban J connectivity index is 2.21. The van der Waals surface area contributed by atoms with Gasteiger partial charge in [0.05, 0.1) is 6.33 Å². The zero-order valence-corrected chi connectivity index (χ0v) is 11.1. The van der Waals surface area contributed by atoms with Crippen LogP contribution < -0.4 is 10.2 Å². The fourth-order valence-electron chi connectivity index (χ4n) is 1.70. The molecule has 0 aromatic carbocycles. The first-order valence-electron chi connectivity index (χ1n) is 5.80. The van der Waals surface area contributed by atoms with E-state index >= 15 is 0 Å². The predicted molar refractivity (Wildman–Crippen MR) is 70.3 cm³/mol. The molecular weight excluding hydrogens is 264 g/mol. The Morgan fingerprint density at radius 2 is 2.10 bits per heavy atom. The zero-order chi connectivity index (χ0) is 14.7. The maximum Gasteiger partial charge on any atom is 0.322 e. The third-order valence-electron chi connectivity index (χ3n) is 2.56. The van der Waals surface area contributed by atoms with Crippen molar-refractivity contribution in [2.24, 2.45) is 0 Å². The van der Waals surface area contributed by atoms with Gasteiger partial charge in [-0.2, -0.15) is 0 Å². The summed E-state index contributed by atoms with van der Waals surface area (Å²) in [5.74, 6) is -0.859. The van der Waals surface area contributed by atoms with Crippen molar-refractivity contribution in [3.8, 4) is 0 Å². The summed E-state index contributed by atoms with van der Waals surface area (Å²) in [4.78, 5) is 36.2. The molecule has 106 valence electrons. The van der Waals surface area contributed by atoms with Crippen LogP contribution in [0.2, 0.25) is 0 Å². The summed E-state index contributed by atoms with van der Waals surface area (Å²) in [6.07, 6.45) is 2.87. The molecule has 0 spiro atoms. The minimum absolute atomic E-state index is 0.0480. The van der Waals surface area contributed by atoms with E-state index in [1.807, 2.05) is 14.1 Å². The Morgan fingerprint density at radius 3 is 2.75 bits per heavy atom. The standard InChI is InChI=1S/C11H14N6O3/c1-16(2)10-9-11(14-5-13-10)17(6-15-9)4-7(18)12-3-8(19)20/h5-6H,3-4H2,1-2H3,(H,12,18)(H,19,20). The van der Waals surface area contributed by atoms with Crippen LogP contribution in [0.3, 0.4) is 0 Å². The lowest BCUT2D eigenvalue weighted by molar-refractivity contribution is -0.138. The molecule has 0 aliphatic rings. The van der Waals surface area contributed by atoms with E-state index in [4.69, 9.17) is 5.11 Å². The highest BCUT2D eigenvalue weighted by molar-refractivity contribution is 5.85. The molecule has 0 radical (unpaired) electrons. The SMILES string of the molecule is CN(C)c1ncnc2c1ncn2CC(=O)NCC(=O)O. The van der Waals surface area contributed by atoms with Crippen LogP contribution in [0, 0.1) is 0 Å². The topological polar surface area (TPSA) is 113 Å². The van der Waals surface area contributed by atoms with Crippen LogP contribution in [0.1, 0.15) is 0 Å². The number of hydrogen-bond donors (Lipinski definition) is 2. The molecule has 2 aromatic heterocycles. The molecule has 0 aliphatic carbocycles. The monoisotopic (exact) mass is 278 g/mol. The van der Waals surface area contributed by atoms with Gasteiger partial charge in [-0.3, -0.25) is 9.59 Å². The van der Waals surface area contributed by atoms with Crippen molar-refractivity contribution in [2.45, 2.75) is 6.54 Å². The number of nitrogens with one attached hydrogen (secondary N) is 1. The molecule has 0 aliphatic heterocycles. The Labute approximate surface area is 114 Å². The third kappa shape index (κ3) is 2.82. The molecule has 9 nitrogen and oxygen atoms in total. The first kappa shape index (κ1) is 13.7. The average Bonchev–Trinajstić information content (AvgIpc) is 2.79. The molecular formula is C11H14N6O3. The van der Waals surface area contributed by atoms with Gasteiger partial charge in [0.2, 0.25) is 5.91 Å². The van der Waals surface area contributed by atoms with E-state index in [9.17, 15) is 9.59 Å². The van der Waals surface area contributed by atoms with Gasteiger partial charge < -0.3 is 19.9 Å². The van der Waals surface area contributed by atoms with Gasteiger partial charge in [-0.25, -0.2) is 15.0 Å². The van der Waals surface area contributed by atoms with Gasteiger partial charge in [-0.1, -0.05) is 0 Å². The van der Waals surface area contributed by atoms with Gasteiger partial charge in [-0.15, -0.1) is 0 Å². The third-order valence-corrected chi connectivity index (χ3v) is 2.56. The molecule has 0 fully saturated rings. The lowest BCUT2D eigenvalue weighted by Crippen LogP contribution is -2.32. The molecule has 2 N–H and O–H groups in total. The average molecular weight is 278 g/mol. The highest BCUT2D eigenvalue weighted by Crippen LogP contribution is 2.18. The van der Waals surface area contributed by atoms with Gasteiger partial charge in [0, 0.05) is 14.1 Å². The van der Waals surface area contributed by atoms with Crippen LogP contribution in [-0.2, 0) is 16.1 Å². The van der Waals surface area contributed by atoms with Crippen molar-refractivity contribution in [1.29, 1.82) is 0 Å². The number of carbonyl (C=O) groups is 2. The Hall–Kier alpha value is -2.71. The minimum Gasteiger partial charge on any atom is -0.480 e. The second-order valence-corrected chi connectivity index (χ2v) is 4.31. The van der Waals surface area contributed by atoms with E-state index in [2.05, 4.69) is 20.3 Å². The number of carbonyl (C=O) groups excluding carboxylic acids is 1. The number of carboxylic acid groups (broad SMARTS) is 1. The number of aliphatic carboxylic acids is 1. The van der Waals surface area contributed by atoms with Crippen molar-refractivity contribution in [3.63, 3.8) is 0 Å². The molecule has 0 bridgehead atoms. The Morgan fingerprint density at radius 1 is 1.35 bits per heavy atom. The van der Waals surface area contributed by atoms with Gasteiger partial charge in [0.15, 0.2) is 17.0 Å². The summed E-state index contributed by atoms with van der Waals surface area (Å²) in [6, 6.07) is 0. The minimum atomic E-state index is -1.09. The van der Waals surface area contributed by atoms with Crippen LogP contribution in [0.5, 0.6) is 0 Å². The van der Waals surface area contributed by atoms with E-state index in [0.29, 0.717) is 17.0 Å². The molecule has 0 atom stereocenters. The van der Waals surface area contributed by atoms with E-state index < -0.39 is 18.4 Å². The molecule has 0 saturated carbocycles. The van der Waals surface area contributed by atoms with Crippen LogP contribution >= 0.6 is 0 Å². The van der Waals surface area contributed by atoms with E-state index in [-0.39, 0.29) is 6.54 Å². The van der Waals surface area contributed by atoms with Crippen molar-refractivity contribution in [2.75, 3.05) is 25.5 Å². The lowest BCUT2D eigenvalue weighted by Gasteiger charge is -2.10. The van der Waals surface area contributed by atoms with Gasteiger partial charge in [-0.05, 0) is 0 Å². The van der Waals surface area contributed by atoms with Crippen LogP contribution in [0.4, 0.5) is 5.82 Å². The van der Waals surface area contributed by atoms with Crippen LogP contribution in [0.25, 0.3) is 11.2 Å². The molecule has 2 heterocycles. The van der Waals surface area contributed by atoms with Gasteiger partial charge in [0.1, 0.15) is 19.4 Å². The highest BCUT2D eigenvalue weighted by atomic mass is 16.4. The summed E-state index contributed by atoms with van der Waals surface area (Å²) >= 11 is 0. The molecule has 0 unspecified atom stereocenters. The normalized spacial score (nSPS) is 10.5. The first-order chi connectivity index (χ1) is 9.49. The number of fused-ring (bicyclic) bond motifs is 1. The quantitative estimate of drug-likeness (QED) is 0.728. The summed E-state index contributed by atoms with van der Waals surface area (Å²) in [5.41, 5.74) is 1.11. The van der Waals surface area contributed by atoms with E-state index in [1.165, 1.54) is 12.7 Å². The lowest BCUT2D eigenvalue weighted by atomic mass is 10.4. The van der Waals surface area contributed by atoms with Crippen LogP contribution in [-0.4, -0.2) is 57.1 Å². The number of aromatic nitrogens is 4. The smallest absolute Gasteiger partial charge is 0.322 e. The largest absolute Gasteiger partial charge is 0.480 e. The molecule has 0 saturated heterocycles. The van der Waals surface area contributed by atoms with Gasteiger partial charge in [0.25, 0.3) is 0 Å². The van der Waals surface area contributed by atoms with Crippen LogP contribution in [0.15, 0.2) is 12.7 Å². The number of anilines is 1. The summed E-state index contributed by atoms with van der Waals surface area (Å²) in [5, 5.41) is 10.8. The summed E-state index contributed by atoms with van der Waals surface area (Å²) in [7, 11) is 3.67. The van der Waals surface area contributed by atoms with E-state index in [1.54, 1.807) is 9.47 Å². The van der Waals surface area contributed by atoms with E-state index in [0.717, 1.165) is 0 Å².